The van der Waals surface area contributed by atoms with E-state index in [-0.39, 0.29) is 5.97 Å². The lowest BCUT2D eigenvalue weighted by Gasteiger charge is -2.04. The maximum atomic E-state index is 11.3. The lowest BCUT2D eigenvalue weighted by atomic mass is 10.1. The minimum absolute atomic E-state index is 0.346. The van der Waals surface area contributed by atoms with E-state index in [1.165, 1.54) is 0 Å². The van der Waals surface area contributed by atoms with Gasteiger partial charge in [0.05, 0.1) is 12.2 Å². The zero-order valence-corrected chi connectivity index (χ0v) is 9.03. The fourth-order valence-electron chi connectivity index (χ4n) is 1.16. The molecular formula is C11H14N2O3. The van der Waals surface area contributed by atoms with Crippen LogP contribution in [0.5, 0.6) is 0 Å². The number of rotatable bonds is 4. The van der Waals surface area contributed by atoms with Crippen LogP contribution >= 0.6 is 0 Å². The second-order valence-corrected chi connectivity index (χ2v) is 3.14. The van der Waals surface area contributed by atoms with Crippen LogP contribution in [0.2, 0.25) is 0 Å². The van der Waals surface area contributed by atoms with Crippen LogP contribution in [0, 0.1) is 0 Å². The first kappa shape index (κ1) is 12.0. The van der Waals surface area contributed by atoms with Crippen molar-refractivity contribution >= 4 is 12.0 Å². The Bertz CT molecular complexity index is 373. The van der Waals surface area contributed by atoms with Crippen LogP contribution in [0.4, 0.5) is 4.79 Å². The standard InChI is InChI=1S/C11H14N2O3/c1-2-16-10(14)9-5-3-8(4-6-9)7-13-11(12)15/h3-6H,2,7H2,1H3,(H3,12,13,15). The number of hydrogen-bond donors (Lipinski definition) is 2. The Morgan fingerprint density at radius 1 is 1.31 bits per heavy atom. The minimum atomic E-state index is -0.575. The molecule has 0 atom stereocenters. The van der Waals surface area contributed by atoms with E-state index in [1.54, 1.807) is 31.2 Å². The first-order valence-corrected chi connectivity index (χ1v) is 4.93. The van der Waals surface area contributed by atoms with Crippen molar-refractivity contribution in [3.8, 4) is 0 Å². The smallest absolute Gasteiger partial charge is 0.338 e. The van der Waals surface area contributed by atoms with Crippen LogP contribution in [0.3, 0.4) is 0 Å². The fourth-order valence-corrected chi connectivity index (χ4v) is 1.16. The Balaban J connectivity index is 2.60. The van der Waals surface area contributed by atoms with Gasteiger partial charge >= 0.3 is 12.0 Å². The molecule has 1 aromatic rings. The van der Waals surface area contributed by atoms with Crippen molar-refractivity contribution < 1.29 is 14.3 Å². The van der Waals surface area contributed by atoms with E-state index in [2.05, 4.69) is 5.32 Å². The summed E-state index contributed by atoms with van der Waals surface area (Å²) in [7, 11) is 0. The van der Waals surface area contributed by atoms with Crippen LogP contribution in [0.25, 0.3) is 0 Å². The van der Waals surface area contributed by atoms with Gasteiger partial charge in [-0.15, -0.1) is 0 Å². The van der Waals surface area contributed by atoms with Crippen LogP contribution < -0.4 is 11.1 Å². The van der Waals surface area contributed by atoms with E-state index in [0.29, 0.717) is 18.7 Å². The number of ether oxygens (including phenoxy) is 1. The van der Waals surface area contributed by atoms with Crippen LogP contribution in [0.15, 0.2) is 24.3 Å². The summed E-state index contributed by atoms with van der Waals surface area (Å²) in [6.45, 7) is 2.45. The molecule has 0 fully saturated rings. The molecule has 1 rings (SSSR count). The van der Waals surface area contributed by atoms with Gasteiger partial charge in [-0.05, 0) is 24.6 Å². The molecule has 5 nitrogen and oxygen atoms in total. The van der Waals surface area contributed by atoms with Crippen molar-refractivity contribution in [2.45, 2.75) is 13.5 Å². The quantitative estimate of drug-likeness (QED) is 0.746. The van der Waals surface area contributed by atoms with E-state index in [4.69, 9.17) is 10.5 Å². The number of urea groups is 1. The molecular weight excluding hydrogens is 208 g/mol. The van der Waals surface area contributed by atoms with E-state index in [9.17, 15) is 9.59 Å². The molecule has 0 spiro atoms. The third-order valence-corrected chi connectivity index (χ3v) is 1.93. The summed E-state index contributed by atoms with van der Waals surface area (Å²) >= 11 is 0. The normalized spacial score (nSPS) is 9.56. The summed E-state index contributed by atoms with van der Waals surface area (Å²) < 4.78 is 4.84. The van der Waals surface area contributed by atoms with E-state index >= 15 is 0 Å². The van der Waals surface area contributed by atoms with Crippen LogP contribution in [0.1, 0.15) is 22.8 Å². The van der Waals surface area contributed by atoms with Gasteiger partial charge in [0.2, 0.25) is 0 Å². The predicted octanol–water partition coefficient (Wildman–Crippen LogP) is 1.03. The van der Waals surface area contributed by atoms with Gasteiger partial charge < -0.3 is 15.8 Å². The summed E-state index contributed by atoms with van der Waals surface area (Å²) in [6.07, 6.45) is 0. The monoisotopic (exact) mass is 222 g/mol. The van der Waals surface area contributed by atoms with Crippen LogP contribution in [-0.2, 0) is 11.3 Å². The molecule has 0 radical (unpaired) electrons. The maximum absolute atomic E-state index is 11.3. The number of carbonyl (C=O) groups is 2. The zero-order valence-electron chi connectivity index (χ0n) is 9.03. The fraction of sp³-hybridized carbons (Fsp3) is 0.273. The molecule has 0 saturated carbocycles. The van der Waals surface area contributed by atoms with Gasteiger partial charge in [0.25, 0.3) is 0 Å². The molecule has 0 aliphatic carbocycles. The Morgan fingerprint density at radius 2 is 1.94 bits per heavy atom. The van der Waals surface area contributed by atoms with Gasteiger partial charge in [0.15, 0.2) is 0 Å². The zero-order chi connectivity index (χ0) is 12.0. The van der Waals surface area contributed by atoms with Gasteiger partial charge in [-0.1, -0.05) is 12.1 Å². The molecule has 3 N–H and O–H groups in total. The summed E-state index contributed by atoms with van der Waals surface area (Å²) in [6, 6.07) is 6.20. The Morgan fingerprint density at radius 3 is 2.44 bits per heavy atom. The third kappa shape index (κ3) is 3.61. The van der Waals surface area contributed by atoms with E-state index < -0.39 is 6.03 Å². The maximum Gasteiger partial charge on any atom is 0.338 e. The third-order valence-electron chi connectivity index (χ3n) is 1.93. The molecule has 0 aliphatic heterocycles. The lowest BCUT2D eigenvalue weighted by Crippen LogP contribution is -2.28. The van der Waals surface area contributed by atoms with Crippen molar-refractivity contribution in [1.82, 2.24) is 5.32 Å². The molecule has 0 heterocycles. The highest BCUT2D eigenvalue weighted by Crippen LogP contribution is 2.05. The summed E-state index contributed by atoms with van der Waals surface area (Å²) in [5, 5.41) is 2.46. The highest BCUT2D eigenvalue weighted by Gasteiger charge is 2.05. The Hall–Kier alpha value is -2.04. The number of carbonyl (C=O) groups excluding carboxylic acids is 2. The minimum Gasteiger partial charge on any atom is -0.462 e. The van der Waals surface area contributed by atoms with E-state index in [1.807, 2.05) is 0 Å². The molecule has 1 aromatic carbocycles. The van der Waals surface area contributed by atoms with Gasteiger partial charge in [-0.25, -0.2) is 9.59 Å². The number of esters is 1. The molecule has 86 valence electrons. The van der Waals surface area contributed by atoms with Crippen molar-refractivity contribution in [3.05, 3.63) is 35.4 Å². The van der Waals surface area contributed by atoms with Gasteiger partial charge in [0.1, 0.15) is 0 Å². The summed E-state index contributed by atoms with van der Waals surface area (Å²) in [5.41, 5.74) is 6.29. The average molecular weight is 222 g/mol. The van der Waals surface area contributed by atoms with E-state index in [0.717, 1.165) is 5.56 Å². The van der Waals surface area contributed by atoms with Crippen LogP contribution in [-0.4, -0.2) is 18.6 Å². The van der Waals surface area contributed by atoms with Crippen molar-refractivity contribution in [2.75, 3.05) is 6.61 Å². The lowest BCUT2D eigenvalue weighted by molar-refractivity contribution is 0.0526. The van der Waals surface area contributed by atoms with Gasteiger partial charge in [-0.2, -0.15) is 0 Å². The number of primary amides is 1. The highest BCUT2D eigenvalue weighted by molar-refractivity contribution is 5.89. The second-order valence-electron chi connectivity index (χ2n) is 3.14. The Kier molecular flexibility index (Phi) is 4.32. The van der Waals surface area contributed by atoms with Crippen molar-refractivity contribution in [1.29, 1.82) is 0 Å². The first-order chi connectivity index (χ1) is 7.63. The largest absolute Gasteiger partial charge is 0.462 e. The number of nitrogens with one attached hydrogen (secondary N) is 1. The highest BCUT2D eigenvalue weighted by atomic mass is 16.5. The molecule has 0 bridgehead atoms. The van der Waals surface area contributed by atoms with Gasteiger partial charge in [-0.3, -0.25) is 0 Å². The van der Waals surface area contributed by atoms with Gasteiger partial charge in [0, 0.05) is 6.54 Å². The molecule has 2 amide bonds. The molecule has 16 heavy (non-hydrogen) atoms. The first-order valence-electron chi connectivity index (χ1n) is 4.93. The molecule has 0 aromatic heterocycles. The molecule has 0 unspecified atom stereocenters. The average Bonchev–Trinajstić information content (AvgIpc) is 2.27. The summed E-state index contributed by atoms with van der Waals surface area (Å²) in [5.74, 6) is -0.350. The number of amides is 2. The predicted molar refractivity (Wildman–Crippen MR) is 58.8 cm³/mol. The SMILES string of the molecule is CCOC(=O)c1ccc(CNC(N)=O)cc1. The molecule has 5 heteroatoms. The molecule has 0 saturated heterocycles. The number of nitrogens with two attached hydrogens (primary N) is 1. The second kappa shape index (κ2) is 5.75. The Labute approximate surface area is 93.6 Å². The number of benzene rings is 1. The topological polar surface area (TPSA) is 81.4 Å². The van der Waals surface area contributed by atoms with Crippen molar-refractivity contribution in [3.63, 3.8) is 0 Å². The van der Waals surface area contributed by atoms with Crippen molar-refractivity contribution in [2.24, 2.45) is 5.73 Å². The summed E-state index contributed by atoms with van der Waals surface area (Å²) in [4.78, 5) is 21.8. The number of hydrogen-bond acceptors (Lipinski definition) is 3. The molecule has 0 aliphatic rings.